The second kappa shape index (κ2) is 4.98. The second-order valence-corrected chi connectivity index (χ2v) is 3.95. The number of likely N-dealkylation sites (tertiary alicyclic amines) is 1. The normalized spacial score (nSPS) is 18.2. The molecule has 1 fully saturated rings. The molecule has 0 spiro atoms. The summed E-state index contributed by atoms with van der Waals surface area (Å²) in [5.41, 5.74) is 0. The first-order chi connectivity index (χ1) is 6.59. The van der Waals surface area contributed by atoms with Crippen molar-refractivity contribution in [3.8, 4) is 0 Å². The molecule has 0 aromatic carbocycles. The van der Waals surface area contributed by atoms with Crippen LogP contribution in [0.25, 0.3) is 0 Å². The number of amides is 1. The van der Waals surface area contributed by atoms with Crippen molar-refractivity contribution in [2.45, 2.75) is 32.6 Å². The number of rotatable bonds is 3. The third-order valence-corrected chi connectivity index (χ3v) is 2.79. The van der Waals surface area contributed by atoms with Crippen LogP contribution in [0.3, 0.4) is 0 Å². The Balaban J connectivity index is 2.22. The van der Waals surface area contributed by atoms with Crippen LogP contribution >= 0.6 is 0 Å². The Hall–Kier alpha value is -1.06. The molecule has 0 bridgehead atoms. The fraction of sp³-hybridized carbons (Fsp3) is 0.800. The predicted molar refractivity (Wildman–Crippen MR) is 52.2 cm³/mol. The van der Waals surface area contributed by atoms with Crippen molar-refractivity contribution in [1.82, 2.24) is 4.90 Å². The lowest BCUT2D eigenvalue weighted by atomic mass is 9.92. The zero-order valence-corrected chi connectivity index (χ0v) is 8.53. The van der Waals surface area contributed by atoms with Crippen LogP contribution in [0.4, 0.5) is 4.79 Å². The molecule has 0 saturated carbocycles. The van der Waals surface area contributed by atoms with E-state index in [2.05, 4.69) is 0 Å². The average Bonchev–Trinajstić information content (AvgIpc) is 2.15. The maximum Gasteiger partial charge on any atom is 0.407 e. The summed E-state index contributed by atoms with van der Waals surface area (Å²) in [4.78, 5) is 22.8. The van der Waals surface area contributed by atoms with Crippen LogP contribution in [0.1, 0.15) is 32.6 Å². The van der Waals surface area contributed by atoms with Crippen LogP contribution in [0.2, 0.25) is 0 Å². The van der Waals surface area contributed by atoms with Gasteiger partial charge in [0.05, 0.1) is 0 Å². The fourth-order valence-corrected chi connectivity index (χ4v) is 1.82. The van der Waals surface area contributed by atoms with E-state index in [4.69, 9.17) is 5.11 Å². The Kier molecular flexibility index (Phi) is 3.92. The van der Waals surface area contributed by atoms with Gasteiger partial charge in [-0.1, -0.05) is 0 Å². The zero-order valence-electron chi connectivity index (χ0n) is 8.53. The molecule has 4 heteroatoms. The Morgan fingerprint density at radius 3 is 2.36 bits per heavy atom. The van der Waals surface area contributed by atoms with Crippen molar-refractivity contribution >= 4 is 11.9 Å². The molecule has 1 aliphatic heterocycles. The first kappa shape index (κ1) is 11.0. The standard InChI is InChI=1S/C10H17NO3/c1-8(12)2-3-9-4-6-11(7-5-9)10(13)14/h9H,2-7H2,1H3,(H,13,14). The summed E-state index contributed by atoms with van der Waals surface area (Å²) in [5.74, 6) is 0.764. The molecule has 1 saturated heterocycles. The lowest BCUT2D eigenvalue weighted by Crippen LogP contribution is -2.37. The van der Waals surface area contributed by atoms with Gasteiger partial charge in [-0.2, -0.15) is 0 Å². The smallest absolute Gasteiger partial charge is 0.407 e. The second-order valence-electron chi connectivity index (χ2n) is 3.95. The van der Waals surface area contributed by atoms with Gasteiger partial charge in [-0.15, -0.1) is 0 Å². The summed E-state index contributed by atoms with van der Waals surface area (Å²) in [6.45, 7) is 2.85. The van der Waals surface area contributed by atoms with Gasteiger partial charge >= 0.3 is 6.09 Å². The molecule has 80 valence electrons. The topological polar surface area (TPSA) is 57.6 Å². The molecule has 0 aromatic rings. The van der Waals surface area contributed by atoms with E-state index < -0.39 is 6.09 Å². The van der Waals surface area contributed by atoms with Gasteiger partial charge < -0.3 is 14.8 Å². The Bertz CT molecular complexity index is 219. The summed E-state index contributed by atoms with van der Waals surface area (Å²) < 4.78 is 0. The number of hydrogen-bond acceptors (Lipinski definition) is 2. The number of carbonyl (C=O) groups excluding carboxylic acids is 1. The van der Waals surface area contributed by atoms with Crippen molar-refractivity contribution in [1.29, 1.82) is 0 Å². The number of Topliss-reactive ketones (excluding diaryl/α,β-unsaturated/α-hetero) is 1. The summed E-state index contributed by atoms with van der Waals surface area (Å²) in [5, 5.41) is 8.71. The van der Waals surface area contributed by atoms with Crippen LogP contribution in [-0.2, 0) is 4.79 Å². The lowest BCUT2D eigenvalue weighted by molar-refractivity contribution is -0.117. The highest BCUT2D eigenvalue weighted by Crippen LogP contribution is 2.21. The molecule has 4 nitrogen and oxygen atoms in total. The highest BCUT2D eigenvalue weighted by molar-refractivity contribution is 5.75. The number of nitrogens with zero attached hydrogens (tertiary/aromatic N) is 1. The van der Waals surface area contributed by atoms with Gasteiger partial charge in [0.1, 0.15) is 5.78 Å². The van der Waals surface area contributed by atoms with Crippen molar-refractivity contribution in [2.24, 2.45) is 5.92 Å². The molecule has 0 atom stereocenters. The maximum atomic E-state index is 10.8. The number of piperidine rings is 1. The molecule has 0 aromatic heterocycles. The molecule has 1 rings (SSSR count). The van der Waals surface area contributed by atoms with E-state index in [-0.39, 0.29) is 5.78 Å². The van der Waals surface area contributed by atoms with Crippen molar-refractivity contribution in [3.05, 3.63) is 0 Å². The summed E-state index contributed by atoms with van der Waals surface area (Å²) in [7, 11) is 0. The third-order valence-electron chi connectivity index (χ3n) is 2.79. The molecular formula is C10H17NO3. The van der Waals surface area contributed by atoms with Crippen LogP contribution in [0.5, 0.6) is 0 Å². The lowest BCUT2D eigenvalue weighted by Gasteiger charge is -2.29. The van der Waals surface area contributed by atoms with Gasteiger partial charge in [-0.3, -0.25) is 0 Å². The highest BCUT2D eigenvalue weighted by atomic mass is 16.4. The summed E-state index contributed by atoms with van der Waals surface area (Å²) in [6, 6.07) is 0. The highest BCUT2D eigenvalue weighted by Gasteiger charge is 2.21. The van der Waals surface area contributed by atoms with Crippen molar-refractivity contribution in [3.63, 3.8) is 0 Å². The molecule has 14 heavy (non-hydrogen) atoms. The minimum atomic E-state index is -0.824. The van der Waals surface area contributed by atoms with E-state index in [9.17, 15) is 9.59 Å². The molecule has 0 unspecified atom stereocenters. The Morgan fingerprint density at radius 2 is 1.93 bits per heavy atom. The molecule has 1 aliphatic rings. The summed E-state index contributed by atoms with van der Waals surface area (Å²) >= 11 is 0. The monoisotopic (exact) mass is 199 g/mol. The zero-order chi connectivity index (χ0) is 10.6. The van der Waals surface area contributed by atoms with Gasteiger partial charge in [-0.05, 0) is 32.1 Å². The molecule has 1 heterocycles. The Morgan fingerprint density at radius 1 is 1.36 bits per heavy atom. The van der Waals surface area contributed by atoms with Gasteiger partial charge in [0.2, 0.25) is 0 Å². The number of hydrogen-bond donors (Lipinski definition) is 1. The first-order valence-electron chi connectivity index (χ1n) is 5.07. The molecule has 0 radical (unpaired) electrons. The van der Waals surface area contributed by atoms with Gasteiger partial charge in [-0.25, -0.2) is 4.79 Å². The SMILES string of the molecule is CC(=O)CCC1CCN(C(=O)O)CC1. The summed E-state index contributed by atoms with van der Waals surface area (Å²) in [6.07, 6.45) is 2.54. The molecular weight excluding hydrogens is 182 g/mol. The van der Waals surface area contributed by atoms with Crippen LogP contribution in [0, 0.1) is 5.92 Å². The van der Waals surface area contributed by atoms with E-state index in [0.29, 0.717) is 25.4 Å². The van der Waals surface area contributed by atoms with E-state index in [0.717, 1.165) is 19.3 Å². The van der Waals surface area contributed by atoms with Crippen molar-refractivity contribution in [2.75, 3.05) is 13.1 Å². The first-order valence-corrected chi connectivity index (χ1v) is 5.07. The van der Waals surface area contributed by atoms with Gasteiger partial charge in [0.25, 0.3) is 0 Å². The molecule has 1 amide bonds. The van der Waals surface area contributed by atoms with Crippen LogP contribution < -0.4 is 0 Å². The predicted octanol–water partition coefficient (Wildman–Crippen LogP) is 1.75. The largest absolute Gasteiger partial charge is 0.465 e. The average molecular weight is 199 g/mol. The quantitative estimate of drug-likeness (QED) is 0.753. The fourth-order valence-electron chi connectivity index (χ4n) is 1.82. The van der Waals surface area contributed by atoms with E-state index in [1.807, 2.05) is 0 Å². The minimum absolute atomic E-state index is 0.227. The van der Waals surface area contributed by atoms with Gasteiger partial charge in [0.15, 0.2) is 0 Å². The molecule has 1 N–H and O–H groups in total. The third kappa shape index (κ3) is 3.36. The Labute approximate surface area is 83.9 Å². The van der Waals surface area contributed by atoms with Crippen LogP contribution in [-0.4, -0.2) is 35.0 Å². The minimum Gasteiger partial charge on any atom is -0.465 e. The van der Waals surface area contributed by atoms with E-state index in [1.165, 1.54) is 4.90 Å². The van der Waals surface area contributed by atoms with E-state index >= 15 is 0 Å². The number of carboxylic acid groups (broad SMARTS) is 1. The maximum absolute atomic E-state index is 10.8. The van der Waals surface area contributed by atoms with Crippen LogP contribution in [0.15, 0.2) is 0 Å². The number of ketones is 1. The number of carbonyl (C=O) groups is 2. The van der Waals surface area contributed by atoms with Crippen molar-refractivity contribution < 1.29 is 14.7 Å². The van der Waals surface area contributed by atoms with E-state index in [1.54, 1.807) is 6.92 Å². The molecule has 0 aliphatic carbocycles. The van der Waals surface area contributed by atoms with Gasteiger partial charge in [0, 0.05) is 19.5 Å².